The summed E-state index contributed by atoms with van der Waals surface area (Å²) in [6.07, 6.45) is -4.93. The number of aliphatic hydroxyl groups excluding tert-OH is 1. The van der Waals surface area contributed by atoms with Gasteiger partial charge in [-0.1, -0.05) is 24.3 Å². The van der Waals surface area contributed by atoms with Crippen molar-refractivity contribution in [3.63, 3.8) is 0 Å². The Kier molecular flexibility index (Phi) is 6.20. The molecule has 0 radical (unpaired) electrons. The standard InChI is InChI=1S/C19H17F4N5O3/c1-27-10-13(8-25-27)28-18(31)14(17(30)24-9-16(29)19(21,22)23)6-15(26-28)12-4-2-11(7-20)3-5-12/h2-6,8,10,16,29H,7,9H2,1H3,(H,24,30)/t16-/m0/s1. The third kappa shape index (κ3) is 4.97. The number of nitrogens with one attached hydrogen (secondary N) is 1. The van der Waals surface area contributed by atoms with Gasteiger partial charge in [-0.15, -0.1) is 0 Å². The molecule has 3 aromatic rings. The van der Waals surface area contributed by atoms with E-state index in [0.29, 0.717) is 11.1 Å². The number of benzene rings is 1. The Labute approximate surface area is 172 Å². The summed E-state index contributed by atoms with van der Waals surface area (Å²) < 4.78 is 52.6. The molecular weight excluding hydrogens is 422 g/mol. The van der Waals surface area contributed by atoms with E-state index in [1.807, 2.05) is 5.32 Å². The van der Waals surface area contributed by atoms with Gasteiger partial charge in [0.2, 0.25) is 0 Å². The molecule has 0 aliphatic rings. The third-order valence-electron chi connectivity index (χ3n) is 4.33. The van der Waals surface area contributed by atoms with Crippen LogP contribution in [0.4, 0.5) is 17.6 Å². The van der Waals surface area contributed by atoms with Gasteiger partial charge in [0.05, 0.1) is 24.6 Å². The Morgan fingerprint density at radius 3 is 2.48 bits per heavy atom. The van der Waals surface area contributed by atoms with Crippen LogP contribution in [0.15, 0.2) is 47.5 Å². The fourth-order valence-corrected chi connectivity index (χ4v) is 2.66. The second-order valence-corrected chi connectivity index (χ2v) is 6.63. The van der Waals surface area contributed by atoms with E-state index >= 15 is 0 Å². The highest BCUT2D eigenvalue weighted by molar-refractivity contribution is 5.94. The smallest absolute Gasteiger partial charge is 0.382 e. The topological polar surface area (TPSA) is 102 Å². The van der Waals surface area contributed by atoms with Gasteiger partial charge in [-0.25, -0.2) is 4.39 Å². The molecule has 2 aromatic heterocycles. The molecule has 0 saturated heterocycles. The van der Waals surface area contributed by atoms with Crippen LogP contribution in [0.25, 0.3) is 16.9 Å². The number of halogens is 4. The van der Waals surface area contributed by atoms with Crippen LogP contribution in [-0.2, 0) is 13.7 Å². The molecule has 3 rings (SSSR count). The first kappa shape index (κ1) is 22.2. The maximum atomic E-state index is 12.8. The summed E-state index contributed by atoms with van der Waals surface area (Å²) in [5.74, 6) is -1.12. The lowest BCUT2D eigenvalue weighted by molar-refractivity contribution is -0.201. The van der Waals surface area contributed by atoms with Gasteiger partial charge in [-0.3, -0.25) is 14.3 Å². The summed E-state index contributed by atoms with van der Waals surface area (Å²) in [4.78, 5) is 25.3. The van der Waals surface area contributed by atoms with Crippen molar-refractivity contribution in [3.05, 3.63) is 64.2 Å². The van der Waals surface area contributed by atoms with Crippen LogP contribution in [0.2, 0.25) is 0 Å². The third-order valence-corrected chi connectivity index (χ3v) is 4.33. The van der Waals surface area contributed by atoms with Crippen molar-refractivity contribution in [2.24, 2.45) is 7.05 Å². The number of alkyl halides is 4. The Bertz CT molecular complexity index is 1140. The molecule has 12 heteroatoms. The van der Waals surface area contributed by atoms with Crippen molar-refractivity contribution in [1.29, 1.82) is 0 Å². The first-order valence-electron chi connectivity index (χ1n) is 8.92. The number of hydrogen-bond acceptors (Lipinski definition) is 5. The quantitative estimate of drug-likeness (QED) is 0.570. The van der Waals surface area contributed by atoms with Gasteiger partial charge in [0.25, 0.3) is 11.5 Å². The molecule has 164 valence electrons. The molecular formula is C19H17F4N5O3. The molecule has 8 nitrogen and oxygen atoms in total. The molecule has 0 aliphatic carbocycles. The SMILES string of the molecule is Cn1cc(-n2nc(-c3ccc(CF)cc3)cc(C(=O)NC[C@H](O)C(F)(F)F)c2=O)cn1. The predicted octanol–water partition coefficient (Wildman–Crippen LogP) is 1.76. The molecule has 31 heavy (non-hydrogen) atoms. The Morgan fingerprint density at radius 2 is 1.94 bits per heavy atom. The lowest BCUT2D eigenvalue weighted by Gasteiger charge is -2.15. The average molecular weight is 439 g/mol. The predicted molar refractivity (Wildman–Crippen MR) is 101 cm³/mol. The number of nitrogens with zero attached hydrogens (tertiary/aromatic N) is 4. The van der Waals surface area contributed by atoms with E-state index in [-0.39, 0.29) is 11.4 Å². The number of aromatic nitrogens is 4. The maximum absolute atomic E-state index is 12.8. The number of aliphatic hydroxyl groups is 1. The highest BCUT2D eigenvalue weighted by Gasteiger charge is 2.38. The fraction of sp³-hybridized carbons (Fsp3) is 0.263. The minimum Gasteiger partial charge on any atom is -0.382 e. The molecule has 2 N–H and O–H groups in total. The van der Waals surface area contributed by atoms with Crippen LogP contribution in [0.3, 0.4) is 0 Å². The van der Waals surface area contributed by atoms with E-state index in [1.165, 1.54) is 41.3 Å². The van der Waals surface area contributed by atoms with Crippen LogP contribution in [0.1, 0.15) is 15.9 Å². The zero-order chi connectivity index (χ0) is 22.8. The van der Waals surface area contributed by atoms with Gasteiger partial charge in [-0.05, 0) is 11.6 Å². The molecule has 0 fully saturated rings. The zero-order valence-corrected chi connectivity index (χ0v) is 16.1. The molecule has 1 aromatic carbocycles. The average Bonchev–Trinajstić information content (AvgIpc) is 3.17. The highest BCUT2D eigenvalue weighted by Crippen LogP contribution is 2.20. The van der Waals surface area contributed by atoms with Crippen molar-refractivity contribution >= 4 is 5.91 Å². The van der Waals surface area contributed by atoms with E-state index in [9.17, 15) is 27.2 Å². The second kappa shape index (κ2) is 8.68. The number of aryl methyl sites for hydroxylation is 1. The number of carbonyl (C=O) groups is 1. The van der Waals surface area contributed by atoms with Crippen LogP contribution < -0.4 is 10.9 Å². The summed E-state index contributed by atoms with van der Waals surface area (Å²) >= 11 is 0. The van der Waals surface area contributed by atoms with Gasteiger partial charge in [-0.2, -0.15) is 28.1 Å². The highest BCUT2D eigenvalue weighted by atomic mass is 19.4. The van der Waals surface area contributed by atoms with Crippen molar-refractivity contribution in [1.82, 2.24) is 24.9 Å². The minimum atomic E-state index is -4.93. The van der Waals surface area contributed by atoms with Crippen LogP contribution in [0, 0.1) is 0 Å². The number of amides is 1. The first-order chi connectivity index (χ1) is 14.6. The molecule has 2 heterocycles. The molecule has 0 bridgehead atoms. The van der Waals surface area contributed by atoms with Crippen molar-refractivity contribution in [2.75, 3.05) is 6.54 Å². The fourth-order valence-electron chi connectivity index (χ4n) is 2.66. The van der Waals surface area contributed by atoms with E-state index in [0.717, 1.165) is 10.7 Å². The normalized spacial score (nSPS) is 12.6. The van der Waals surface area contributed by atoms with Crippen LogP contribution in [0.5, 0.6) is 0 Å². The van der Waals surface area contributed by atoms with E-state index in [4.69, 9.17) is 5.11 Å². The molecule has 0 spiro atoms. The van der Waals surface area contributed by atoms with Gasteiger partial charge in [0, 0.05) is 12.6 Å². The summed E-state index contributed by atoms with van der Waals surface area (Å²) in [5.41, 5.74) is -0.161. The number of carbonyl (C=O) groups excluding carboxylic acids is 1. The largest absolute Gasteiger partial charge is 0.416 e. The van der Waals surface area contributed by atoms with Gasteiger partial charge in [0.1, 0.15) is 17.9 Å². The minimum absolute atomic E-state index is 0.149. The number of rotatable bonds is 6. The summed E-state index contributed by atoms with van der Waals surface area (Å²) in [5, 5.41) is 19.1. The monoisotopic (exact) mass is 439 g/mol. The van der Waals surface area contributed by atoms with E-state index < -0.39 is 42.5 Å². The Morgan fingerprint density at radius 1 is 1.26 bits per heavy atom. The Hall–Kier alpha value is -3.54. The molecule has 0 saturated carbocycles. The second-order valence-electron chi connectivity index (χ2n) is 6.63. The lowest BCUT2D eigenvalue weighted by atomic mass is 10.1. The van der Waals surface area contributed by atoms with Crippen molar-refractivity contribution < 1.29 is 27.5 Å². The van der Waals surface area contributed by atoms with Gasteiger partial charge >= 0.3 is 6.18 Å². The van der Waals surface area contributed by atoms with Crippen molar-refractivity contribution in [3.8, 4) is 16.9 Å². The van der Waals surface area contributed by atoms with Crippen molar-refractivity contribution in [2.45, 2.75) is 19.0 Å². The molecule has 1 atom stereocenters. The zero-order valence-electron chi connectivity index (χ0n) is 16.1. The van der Waals surface area contributed by atoms with Crippen LogP contribution in [-0.4, -0.2) is 49.4 Å². The molecule has 0 unspecified atom stereocenters. The molecule has 0 aliphatic heterocycles. The maximum Gasteiger partial charge on any atom is 0.416 e. The summed E-state index contributed by atoms with van der Waals surface area (Å²) in [6, 6.07) is 7.18. The van der Waals surface area contributed by atoms with Crippen LogP contribution >= 0.6 is 0 Å². The lowest BCUT2D eigenvalue weighted by Crippen LogP contribution is -2.42. The van der Waals surface area contributed by atoms with E-state index in [2.05, 4.69) is 10.2 Å². The molecule has 1 amide bonds. The first-order valence-corrected chi connectivity index (χ1v) is 8.92. The number of hydrogen-bond donors (Lipinski definition) is 2. The van der Waals surface area contributed by atoms with Gasteiger partial charge in [0.15, 0.2) is 6.10 Å². The Balaban J connectivity index is 2.04. The summed E-state index contributed by atoms with van der Waals surface area (Å²) in [6.45, 7) is -1.81. The summed E-state index contributed by atoms with van der Waals surface area (Å²) in [7, 11) is 1.60. The van der Waals surface area contributed by atoms with E-state index in [1.54, 1.807) is 7.05 Å². The van der Waals surface area contributed by atoms with Gasteiger partial charge < -0.3 is 10.4 Å².